The van der Waals surface area contributed by atoms with Crippen LogP contribution in [0.5, 0.6) is 0 Å². The molecule has 0 unspecified atom stereocenters. The van der Waals surface area contributed by atoms with E-state index in [0.717, 1.165) is 12.8 Å². The van der Waals surface area contributed by atoms with Gasteiger partial charge in [0.2, 0.25) is 5.91 Å². The van der Waals surface area contributed by atoms with E-state index in [0.29, 0.717) is 19.6 Å². The highest BCUT2D eigenvalue weighted by molar-refractivity contribution is 5.75. The van der Waals surface area contributed by atoms with Crippen molar-refractivity contribution in [3.05, 3.63) is 0 Å². The zero-order valence-corrected chi connectivity index (χ0v) is 10.0. The highest BCUT2D eigenvalue weighted by Crippen LogP contribution is 2.24. The molecule has 15 heavy (non-hydrogen) atoms. The molecule has 0 bridgehead atoms. The molecule has 0 rings (SSSR count). The van der Waals surface area contributed by atoms with Crippen LogP contribution in [0.3, 0.4) is 0 Å². The number of nitrogens with one attached hydrogen (secondary N) is 1. The number of methoxy groups -OCH3 is 1. The Kier molecular flexibility index (Phi) is 7.34. The maximum absolute atomic E-state index is 11.3. The summed E-state index contributed by atoms with van der Waals surface area (Å²) < 4.78 is 4.81. The van der Waals surface area contributed by atoms with E-state index < -0.39 is 0 Å². The highest BCUT2D eigenvalue weighted by Gasteiger charge is 2.25. The van der Waals surface area contributed by atoms with Gasteiger partial charge in [0, 0.05) is 25.5 Å². The third kappa shape index (κ3) is 5.14. The van der Waals surface area contributed by atoms with Crippen LogP contribution >= 0.6 is 0 Å². The third-order valence-electron chi connectivity index (χ3n) is 3.03. The molecule has 4 nitrogen and oxygen atoms in total. The highest BCUT2D eigenvalue weighted by atomic mass is 16.5. The summed E-state index contributed by atoms with van der Waals surface area (Å²) in [7, 11) is 1.57. The minimum Gasteiger partial charge on any atom is -0.396 e. The molecule has 0 aliphatic carbocycles. The number of aliphatic hydroxyl groups is 1. The van der Waals surface area contributed by atoms with Crippen molar-refractivity contribution < 1.29 is 14.6 Å². The molecule has 1 amide bonds. The molecular weight excluding hydrogens is 194 g/mol. The van der Waals surface area contributed by atoms with Gasteiger partial charge in [-0.25, -0.2) is 0 Å². The second-order valence-corrected chi connectivity index (χ2v) is 3.88. The van der Waals surface area contributed by atoms with Crippen LogP contribution in [0.2, 0.25) is 0 Å². The molecule has 0 fully saturated rings. The molecule has 0 spiro atoms. The third-order valence-corrected chi connectivity index (χ3v) is 3.03. The van der Waals surface area contributed by atoms with E-state index in [9.17, 15) is 9.90 Å². The summed E-state index contributed by atoms with van der Waals surface area (Å²) in [5.74, 6) is -0.0171. The van der Waals surface area contributed by atoms with Crippen LogP contribution in [0, 0.1) is 5.41 Å². The summed E-state index contributed by atoms with van der Waals surface area (Å²) >= 11 is 0. The molecule has 0 aliphatic heterocycles. The molecule has 0 aromatic rings. The molecule has 0 aromatic heterocycles. The Morgan fingerprint density at radius 3 is 2.40 bits per heavy atom. The van der Waals surface area contributed by atoms with Gasteiger partial charge in [-0.1, -0.05) is 13.8 Å². The summed E-state index contributed by atoms with van der Waals surface area (Å²) in [6, 6.07) is 0. The van der Waals surface area contributed by atoms with Gasteiger partial charge in [0.1, 0.15) is 0 Å². The van der Waals surface area contributed by atoms with Crippen molar-refractivity contribution in [1.29, 1.82) is 0 Å². The van der Waals surface area contributed by atoms with Gasteiger partial charge in [0.05, 0.1) is 13.2 Å². The Hall–Kier alpha value is -0.610. The number of aliphatic hydroxyl groups excluding tert-OH is 1. The van der Waals surface area contributed by atoms with Crippen molar-refractivity contribution in [3.63, 3.8) is 0 Å². The number of carbonyl (C=O) groups excluding carboxylic acids is 1. The van der Waals surface area contributed by atoms with Crippen molar-refractivity contribution in [3.8, 4) is 0 Å². The van der Waals surface area contributed by atoms with Crippen LogP contribution in [0.25, 0.3) is 0 Å². The first-order valence-electron chi connectivity index (χ1n) is 5.50. The van der Waals surface area contributed by atoms with E-state index >= 15 is 0 Å². The van der Waals surface area contributed by atoms with Crippen LogP contribution < -0.4 is 5.32 Å². The number of rotatable bonds is 8. The van der Waals surface area contributed by atoms with Crippen molar-refractivity contribution in [2.45, 2.75) is 33.1 Å². The van der Waals surface area contributed by atoms with Gasteiger partial charge in [-0.3, -0.25) is 4.79 Å². The summed E-state index contributed by atoms with van der Waals surface area (Å²) in [6.45, 7) is 5.15. The molecule has 2 N–H and O–H groups in total. The smallest absolute Gasteiger partial charge is 0.222 e. The van der Waals surface area contributed by atoms with Crippen molar-refractivity contribution in [2.24, 2.45) is 5.41 Å². The number of hydrogen-bond donors (Lipinski definition) is 2. The Balaban J connectivity index is 3.93. The van der Waals surface area contributed by atoms with Crippen LogP contribution in [0.1, 0.15) is 33.1 Å². The Labute approximate surface area is 92.0 Å². The van der Waals surface area contributed by atoms with Crippen LogP contribution in [0.15, 0.2) is 0 Å². The maximum Gasteiger partial charge on any atom is 0.222 e. The van der Waals surface area contributed by atoms with E-state index in [-0.39, 0.29) is 17.9 Å². The van der Waals surface area contributed by atoms with Gasteiger partial charge < -0.3 is 15.2 Å². The molecule has 0 saturated carbocycles. The second kappa shape index (κ2) is 7.65. The fraction of sp³-hybridized carbons (Fsp3) is 0.909. The van der Waals surface area contributed by atoms with Gasteiger partial charge in [-0.2, -0.15) is 0 Å². The van der Waals surface area contributed by atoms with Crippen molar-refractivity contribution in [2.75, 3.05) is 26.9 Å². The van der Waals surface area contributed by atoms with E-state index in [4.69, 9.17) is 4.74 Å². The van der Waals surface area contributed by atoms with Crippen LogP contribution in [-0.2, 0) is 9.53 Å². The quantitative estimate of drug-likeness (QED) is 0.636. The van der Waals surface area contributed by atoms with E-state index in [1.54, 1.807) is 7.11 Å². The van der Waals surface area contributed by atoms with Gasteiger partial charge in [0.25, 0.3) is 0 Å². The minimum absolute atomic E-state index is 0.0171. The molecule has 0 radical (unpaired) electrons. The number of ether oxygens (including phenoxy) is 1. The lowest BCUT2D eigenvalue weighted by atomic mass is 9.83. The molecule has 0 saturated heterocycles. The topological polar surface area (TPSA) is 58.6 Å². The molecule has 0 aromatic carbocycles. The standard InChI is InChI=1S/C11H23NO3/c1-4-11(5-2,9-13)8-12-10(14)6-7-15-3/h13H,4-9H2,1-3H3,(H,12,14). The number of amides is 1. The Morgan fingerprint density at radius 2 is 2.00 bits per heavy atom. The maximum atomic E-state index is 11.3. The zero-order valence-electron chi connectivity index (χ0n) is 10.0. The van der Waals surface area contributed by atoms with E-state index in [1.807, 2.05) is 13.8 Å². The molecule has 4 heteroatoms. The van der Waals surface area contributed by atoms with Crippen LogP contribution in [-0.4, -0.2) is 37.9 Å². The minimum atomic E-state index is -0.164. The van der Waals surface area contributed by atoms with Gasteiger partial charge >= 0.3 is 0 Å². The first kappa shape index (κ1) is 14.4. The normalized spacial score (nSPS) is 11.5. The summed E-state index contributed by atoms with van der Waals surface area (Å²) in [6.07, 6.45) is 2.11. The Bertz CT molecular complexity index is 170. The lowest BCUT2D eigenvalue weighted by molar-refractivity contribution is -0.122. The fourth-order valence-electron chi connectivity index (χ4n) is 1.35. The first-order chi connectivity index (χ1) is 7.14. The van der Waals surface area contributed by atoms with E-state index in [2.05, 4.69) is 5.32 Å². The molecular formula is C11H23NO3. The fourth-order valence-corrected chi connectivity index (χ4v) is 1.35. The van der Waals surface area contributed by atoms with Crippen molar-refractivity contribution >= 4 is 5.91 Å². The second-order valence-electron chi connectivity index (χ2n) is 3.88. The predicted molar refractivity (Wildman–Crippen MR) is 59.6 cm³/mol. The number of carbonyl (C=O) groups is 1. The monoisotopic (exact) mass is 217 g/mol. The lowest BCUT2D eigenvalue weighted by Crippen LogP contribution is -2.39. The summed E-state index contributed by atoms with van der Waals surface area (Å²) in [5, 5.41) is 12.1. The van der Waals surface area contributed by atoms with Gasteiger partial charge in [-0.05, 0) is 12.8 Å². The molecule has 0 heterocycles. The predicted octanol–water partition coefficient (Wildman–Crippen LogP) is 0.938. The van der Waals surface area contributed by atoms with Crippen LogP contribution in [0.4, 0.5) is 0 Å². The van der Waals surface area contributed by atoms with Crippen molar-refractivity contribution in [1.82, 2.24) is 5.32 Å². The number of hydrogen-bond acceptors (Lipinski definition) is 3. The molecule has 0 atom stereocenters. The summed E-state index contributed by atoms with van der Waals surface area (Å²) in [4.78, 5) is 11.3. The Morgan fingerprint density at radius 1 is 1.40 bits per heavy atom. The molecule has 90 valence electrons. The van der Waals surface area contributed by atoms with E-state index in [1.165, 1.54) is 0 Å². The van der Waals surface area contributed by atoms with Gasteiger partial charge in [0.15, 0.2) is 0 Å². The average molecular weight is 217 g/mol. The largest absolute Gasteiger partial charge is 0.396 e. The molecule has 0 aliphatic rings. The first-order valence-corrected chi connectivity index (χ1v) is 5.50. The summed E-state index contributed by atoms with van der Waals surface area (Å²) in [5.41, 5.74) is -0.164. The van der Waals surface area contributed by atoms with Gasteiger partial charge in [-0.15, -0.1) is 0 Å². The zero-order chi connectivity index (χ0) is 11.7. The SMILES string of the molecule is CCC(CC)(CO)CNC(=O)CCOC. The average Bonchev–Trinajstić information content (AvgIpc) is 2.29. The lowest BCUT2D eigenvalue weighted by Gasteiger charge is -2.29.